The number of nitrogens with zero attached hydrogens (tertiary/aromatic N) is 1. The van der Waals surface area contributed by atoms with Gasteiger partial charge >= 0.3 is 18.0 Å². The van der Waals surface area contributed by atoms with Gasteiger partial charge in [0.05, 0.1) is 12.0 Å². The summed E-state index contributed by atoms with van der Waals surface area (Å²) < 4.78 is 4.88. The van der Waals surface area contributed by atoms with Gasteiger partial charge in [-0.15, -0.1) is 0 Å². The van der Waals surface area contributed by atoms with E-state index in [9.17, 15) is 19.5 Å². The monoisotopic (exact) mass is 326 g/mol. The SMILES string of the molecule is CCOC(=O)CC(C)CNC(=O)N1C[C@@H]2CCC[C@@]2(C(=O)O)C1. The standard InChI is InChI=1S/C16H26N2O5/c1-3-23-13(19)7-11(2)8-17-15(22)18-9-12-5-4-6-16(12,10-18)14(20)21/h11-12H,3-10H2,1-2H3,(H,17,22)(H,20,21)/t11?,12-,16+/m0/s1. The lowest BCUT2D eigenvalue weighted by Crippen LogP contribution is -2.43. The predicted molar refractivity (Wildman–Crippen MR) is 82.8 cm³/mol. The molecule has 1 heterocycles. The van der Waals surface area contributed by atoms with E-state index in [2.05, 4.69) is 5.32 Å². The summed E-state index contributed by atoms with van der Waals surface area (Å²) in [5.41, 5.74) is -0.756. The molecule has 0 bridgehead atoms. The highest BCUT2D eigenvalue weighted by molar-refractivity contribution is 5.80. The third kappa shape index (κ3) is 3.76. The number of aliphatic carboxylic acids is 1. The Morgan fingerprint density at radius 2 is 2.17 bits per heavy atom. The molecule has 23 heavy (non-hydrogen) atoms. The molecule has 0 aromatic carbocycles. The molecule has 7 heteroatoms. The van der Waals surface area contributed by atoms with E-state index >= 15 is 0 Å². The number of carbonyl (C=O) groups is 3. The zero-order valence-corrected chi connectivity index (χ0v) is 13.8. The number of amides is 2. The summed E-state index contributed by atoms with van der Waals surface area (Å²) in [6.07, 6.45) is 2.70. The number of urea groups is 1. The molecule has 2 rings (SSSR count). The fourth-order valence-corrected chi connectivity index (χ4v) is 3.74. The van der Waals surface area contributed by atoms with Gasteiger partial charge < -0.3 is 20.1 Å². The van der Waals surface area contributed by atoms with Crippen LogP contribution in [0.1, 0.15) is 39.5 Å². The summed E-state index contributed by atoms with van der Waals surface area (Å²) in [6, 6.07) is -0.240. The number of nitrogens with one attached hydrogen (secondary N) is 1. The van der Waals surface area contributed by atoms with Crippen molar-refractivity contribution in [2.75, 3.05) is 26.2 Å². The minimum Gasteiger partial charge on any atom is -0.481 e. The summed E-state index contributed by atoms with van der Waals surface area (Å²) in [4.78, 5) is 36.9. The van der Waals surface area contributed by atoms with Gasteiger partial charge in [0, 0.05) is 26.1 Å². The summed E-state index contributed by atoms with van der Waals surface area (Å²) in [6.45, 7) is 5.14. The number of carbonyl (C=O) groups excluding carboxylic acids is 2. The number of likely N-dealkylation sites (tertiary alicyclic amines) is 1. The third-order valence-corrected chi connectivity index (χ3v) is 5.01. The predicted octanol–water partition coefficient (Wildman–Crippen LogP) is 1.47. The van der Waals surface area contributed by atoms with Crippen LogP contribution in [0.4, 0.5) is 4.79 Å². The first-order valence-electron chi connectivity index (χ1n) is 8.31. The number of esters is 1. The highest BCUT2D eigenvalue weighted by Gasteiger charge is 2.55. The zero-order valence-electron chi connectivity index (χ0n) is 13.8. The van der Waals surface area contributed by atoms with E-state index in [0.717, 1.165) is 12.8 Å². The van der Waals surface area contributed by atoms with Crippen LogP contribution in [-0.4, -0.2) is 54.2 Å². The number of rotatable bonds is 6. The maximum Gasteiger partial charge on any atom is 0.317 e. The second-order valence-corrected chi connectivity index (χ2v) is 6.73. The molecule has 2 amide bonds. The minimum absolute atomic E-state index is 0.0199. The molecule has 1 aliphatic heterocycles. The van der Waals surface area contributed by atoms with Crippen molar-refractivity contribution in [3.63, 3.8) is 0 Å². The van der Waals surface area contributed by atoms with Crippen LogP contribution in [0.2, 0.25) is 0 Å². The Bertz CT molecular complexity index is 481. The summed E-state index contributed by atoms with van der Waals surface area (Å²) >= 11 is 0. The quantitative estimate of drug-likeness (QED) is 0.721. The van der Waals surface area contributed by atoms with Crippen LogP contribution < -0.4 is 5.32 Å². The van der Waals surface area contributed by atoms with Gasteiger partial charge in [0.1, 0.15) is 0 Å². The fraction of sp³-hybridized carbons (Fsp3) is 0.812. The van der Waals surface area contributed by atoms with Gasteiger partial charge in [-0.05, 0) is 31.6 Å². The highest BCUT2D eigenvalue weighted by Crippen LogP contribution is 2.48. The Morgan fingerprint density at radius 1 is 1.43 bits per heavy atom. The largest absolute Gasteiger partial charge is 0.481 e. The number of hydrogen-bond donors (Lipinski definition) is 2. The second kappa shape index (κ2) is 7.19. The van der Waals surface area contributed by atoms with Crippen LogP contribution in [0.5, 0.6) is 0 Å². The van der Waals surface area contributed by atoms with Crippen LogP contribution in [0.25, 0.3) is 0 Å². The smallest absolute Gasteiger partial charge is 0.317 e. The van der Waals surface area contributed by atoms with Gasteiger partial charge in [-0.1, -0.05) is 13.3 Å². The average molecular weight is 326 g/mol. The normalized spacial score (nSPS) is 27.4. The molecule has 1 unspecified atom stereocenters. The molecule has 130 valence electrons. The third-order valence-electron chi connectivity index (χ3n) is 5.01. The maximum absolute atomic E-state index is 12.3. The molecule has 2 fully saturated rings. The molecule has 0 aromatic rings. The number of carboxylic acid groups (broad SMARTS) is 1. The van der Waals surface area contributed by atoms with Gasteiger partial charge in [0.25, 0.3) is 0 Å². The Balaban J connectivity index is 1.81. The molecule has 0 radical (unpaired) electrons. The van der Waals surface area contributed by atoms with Gasteiger partial charge in [-0.25, -0.2) is 4.79 Å². The van der Waals surface area contributed by atoms with Crippen molar-refractivity contribution in [3.8, 4) is 0 Å². The first-order valence-corrected chi connectivity index (χ1v) is 8.31. The van der Waals surface area contributed by atoms with Crippen molar-refractivity contribution in [1.29, 1.82) is 0 Å². The number of fused-ring (bicyclic) bond motifs is 1. The average Bonchev–Trinajstić information content (AvgIpc) is 3.02. The van der Waals surface area contributed by atoms with E-state index < -0.39 is 11.4 Å². The van der Waals surface area contributed by atoms with Gasteiger partial charge in [0.15, 0.2) is 0 Å². The van der Waals surface area contributed by atoms with Crippen LogP contribution in [0.15, 0.2) is 0 Å². The van der Waals surface area contributed by atoms with Crippen LogP contribution in [-0.2, 0) is 14.3 Å². The van der Waals surface area contributed by atoms with E-state index in [1.54, 1.807) is 11.8 Å². The summed E-state index contributed by atoms with van der Waals surface area (Å²) in [7, 11) is 0. The Hall–Kier alpha value is -1.79. The molecular formula is C16H26N2O5. The Morgan fingerprint density at radius 3 is 2.78 bits per heavy atom. The molecule has 1 saturated heterocycles. The van der Waals surface area contributed by atoms with E-state index in [-0.39, 0.29) is 36.8 Å². The highest BCUT2D eigenvalue weighted by atomic mass is 16.5. The number of ether oxygens (including phenoxy) is 1. The van der Waals surface area contributed by atoms with Crippen molar-refractivity contribution in [2.24, 2.45) is 17.3 Å². The molecule has 2 N–H and O–H groups in total. The Kier molecular flexibility index (Phi) is 5.49. The molecular weight excluding hydrogens is 300 g/mol. The number of hydrogen-bond acceptors (Lipinski definition) is 4. The van der Waals surface area contributed by atoms with Crippen molar-refractivity contribution in [1.82, 2.24) is 10.2 Å². The lowest BCUT2D eigenvalue weighted by atomic mass is 9.81. The molecule has 0 aromatic heterocycles. The van der Waals surface area contributed by atoms with Crippen LogP contribution in [0, 0.1) is 17.3 Å². The first-order chi connectivity index (χ1) is 10.9. The topological polar surface area (TPSA) is 95.9 Å². The Labute approximate surface area is 136 Å². The molecule has 7 nitrogen and oxygen atoms in total. The van der Waals surface area contributed by atoms with E-state index in [1.165, 1.54) is 0 Å². The van der Waals surface area contributed by atoms with Crippen molar-refractivity contribution in [2.45, 2.75) is 39.5 Å². The van der Waals surface area contributed by atoms with Gasteiger partial charge in [-0.3, -0.25) is 9.59 Å². The molecule has 1 saturated carbocycles. The molecule has 0 spiro atoms. The van der Waals surface area contributed by atoms with Crippen molar-refractivity contribution in [3.05, 3.63) is 0 Å². The minimum atomic E-state index is -0.786. The van der Waals surface area contributed by atoms with E-state index in [4.69, 9.17) is 4.74 Å². The van der Waals surface area contributed by atoms with Crippen LogP contribution >= 0.6 is 0 Å². The summed E-state index contributed by atoms with van der Waals surface area (Å²) in [5.74, 6) is -1.02. The zero-order chi connectivity index (χ0) is 17.0. The second-order valence-electron chi connectivity index (χ2n) is 6.73. The van der Waals surface area contributed by atoms with E-state index in [0.29, 0.717) is 26.1 Å². The van der Waals surface area contributed by atoms with Crippen LogP contribution in [0.3, 0.4) is 0 Å². The first kappa shape index (κ1) is 17.6. The fourth-order valence-electron chi connectivity index (χ4n) is 3.74. The van der Waals surface area contributed by atoms with Crippen molar-refractivity contribution < 1.29 is 24.2 Å². The summed E-state index contributed by atoms with van der Waals surface area (Å²) in [5, 5.41) is 12.3. The molecule has 2 aliphatic rings. The molecule has 1 aliphatic carbocycles. The lowest BCUT2D eigenvalue weighted by Gasteiger charge is -2.23. The number of carboxylic acids is 1. The van der Waals surface area contributed by atoms with Crippen molar-refractivity contribution >= 4 is 18.0 Å². The lowest BCUT2D eigenvalue weighted by molar-refractivity contribution is -0.149. The van der Waals surface area contributed by atoms with Gasteiger partial charge in [-0.2, -0.15) is 0 Å². The molecule has 3 atom stereocenters. The van der Waals surface area contributed by atoms with E-state index in [1.807, 2.05) is 6.92 Å². The van der Waals surface area contributed by atoms with Gasteiger partial charge in [0.2, 0.25) is 0 Å². The maximum atomic E-state index is 12.3.